The second-order valence-electron chi connectivity index (χ2n) is 3.98. The minimum atomic E-state index is 0.775. The summed E-state index contributed by atoms with van der Waals surface area (Å²) in [5.74, 6) is 0.775. The fraction of sp³-hybridized carbons (Fsp3) is 0.692. The zero-order valence-electron chi connectivity index (χ0n) is 9.69. The second kappa shape index (κ2) is 6.94. The van der Waals surface area contributed by atoms with E-state index in [9.17, 15) is 0 Å². The topological polar surface area (TPSA) is 0 Å². The van der Waals surface area contributed by atoms with Crippen LogP contribution >= 0.6 is 0 Å². The minimum absolute atomic E-state index is 0.775. The summed E-state index contributed by atoms with van der Waals surface area (Å²) in [5.41, 5.74) is 2.68. The molecular weight excluding hydrogens is 156 g/mol. The molecule has 0 saturated heterocycles. The van der Waals surface area contributed by atoms with Gasteiger partial charge in [-0.3, -0.25) is 0 Å². The van der Waals surface area contributed by atoms with Crippen molar-refractivity contribution in [1.82, 2.24) is 0 Å². The van der Waals surface area contributed by atoms with Crippen LogP contribution in [0, 0.1) is 5.92 Å². The molecule has 0 aromatic rings. The van der Waals surface area contributed by atoms with Crippen molar-refractivity contribution in [3.8, 4) is 0 Å². The molecule has 0 fully saturated rings. The maximum absolute atomic E-state index is 3.92. The summed E-state index contributed by atoms with van der Waals surface area (Å²) in [6, 6.07) is 0. The molecule has 0 saturated carbocycles. The Kier molecular flexibility index (Phi) is 6.66. The van der Waals surface area contributed by atoms with Crippen LogP contribution in [-0.4, -0.2) is 0 Å². The van der Waals surface area contributed by atoms with Gasteiger partial charge >= 0.3 is 0 Å². The quantitative estimate of drug-likeness (QED) is 0.519. The molecule has 0 aliphatic carbocycles. The molecule has 0 nitrogen and oxygen atoms in total. The highest BCUT2D eigenvalue weighted by atomic mass is 14.1. The molecule has 0 radical (unpaired) electrons. The second-order valence-corrected chi connectivity index (χ2v) is 3.98. The first-order chi connectivity index (χ1) is 6.11. The molecule has 0 aromatic heterocycles. The van der Waals surface area contributed by atoms with Crippen molar-refractivity contribution >= 4 is 0 Å². The van der Waals surface area contributed by atoms with Crippen LogP contribution in [0.25, 0.3) is 0 Å². The summed E-state index contributed by atoms with van der Waals surface area (Å²) < 4.78 is 0. The van der Waals surface area contributed by atoms with Gasteiger partial charge < -0.3 is 0 Å². The van der Waals surface area contributed by atoms with Crippen LogP contribution in [0.2, 0.25) is 0 Å². The average molecular weight is 180 g/mol. The fourth-order valence-electron chi connectivity index (χ4n) is 1.71. The highest BCUT2D eigenvalue weighted by Gasteiger charge is 2.06. The fourth-order valence-corrected chi connectivity index (χ4v) is 1.71. The Morgan fingerprint density at radius 1 is 1.31 bits per heavy atom. The van der Waals surface area contributed by atoms with Crippen LogP contribution in [0.15, 0.2) is 23.8 Å². The minimum Gasteiger partial charge on any atom is -0.0961 e. The van der Waals surface area contributed by atoms with Crippen LogP contribution in [-0.2, 0) is 0 Å². The van der Waals surface area contributed by atoms with E-state index in [4.69, 9.17) is 0 Å². The van der Waals surface area contributed by atoms with Gasteiger partial charge in [0.2, 0.25) is 0 Å². The van der Waals surface area contributed by atoms with Crippen LogP contribution in [0.1, 0.15) is 53.4 Å². The summed E-state index contributed by atoms with van der Waals surface area (Å²) >= 11 is 0. The van der Waals surface area contributed by atoms with E-state index in [1.54, 1.807) is 0 Å². The molecule has 0 spiro atoms. The molecule has 0 heteroatoms. The van der Waals surface area contributed by atoms with Crippen molar-refractivity contribution in [1.29, 1.82) is 0 Å². The van der Waals surface area contributed by atoms with Gasteiger partial charge in [-0.25, -0.2) is 0 Å². The maximum atomic E-state index is 3.92. The summed E-state index contributed by atoms with van der Waals surface area (Å²) in [6.07, 6.45) is 7.47. The van der Waals surface area contributed by atoms with E-state index < -0.39 is 0 Å². The van der Waals surface area contributed by atoms with Crippen LogP contribution in [0.5, 0.6) is 0 Å². The van der Waals surface area contributed by atoms with E-state index in [1.807, 2.05) is 0 Å². The summed E-state index contributed by atoms with van der Waals surface area (Å²) in [4.78, 5) is 0. The first kappa shape index (κ1) is 12.5. The van der Waals surface area contributed by atoms with Crippen LogP contribution in [0.4, 0.5) is 0 Å². The van der Waals surface area contributed by atoms with Crippen LogP contribution in [0.3, 0.4) is 0 Å². The molecule has 0 rings (SSSR count). The van der Waals surface area contributed by atoms with Gasteiger partial charge in [0, 0.05) is 0 Å². The highest BCUT2D eigenvalue weighted by Crippen LogP contribution is 2.22. The third-order valence-corrected chi connectivity index (χ3v) is 2.52. The molecule has 0 N–H and O–H groups in total. The largest absolute Gasteiger partial charge is 0.0961 e. The van der Waals surface area contributed by atoms with Crippen LogP contribution < -0.4 is 0 Å². The van der Waals surface area contributed by atoms with Gasteiger partial charge in [0.05, 0.1) is 0 Å². The predicted molar refractivity (Wildman–Crippen MR) is 61.9 cm³/mol. The first-order valence-corrected chi connectivity index (χ1v) is 5.45. The maximum Gasteiger partial charge on any atom is -0.0205 e. The third kappa shape index (κ3) is 5.68. The molecule has 76 valence electrons. The monoisotopic (exact) mass is 180 g/mol. The SMILES string of the molecule is C=C(C)C=C(C)C(CC)CCCC. The van der Waals surface area contributed by atoms with Crippen molar-refractivity contribution in [2.24, 2.45) is 5.92 Å². The van der Waals surface area contributed by atoms with Crippen molar-refractivity contribution in [3.63, 3.8) is 0 Å². The number of hydrogen-bond donors (Lipinski definition) is 0. The predicted octanol–water partition coefficient (Wildman–Crippen LogP) is 4.73. The van der Waals surface area contributed by atoms with E-state index in [2.05, 4.69) is 40.3 Å². The van der Waals surface area contributed by atoms with Gasteiger partial charge in [-0.1, -0.05) is 50.5 Å². The molecule has 0 heterocycles. The smallest absolute Gasteiger partial charge is 0.0205 e. The standard InChI is InChI=1S/C13H24/c1-6-8-9-13(7-2)12(5)10-11(3)4/h10,13H,3,6-9H2,1-2,4-5H3. The third-order valence-electron chi connectivity index (χ3n) is 2.52. The zero-order chi connectivity index (χ0) is 10.3. The first-order valence-electron chi connectivity index (χ1n) is 5.45. The lowest BCUT2D eigenvalue weighted by Gasteiger charge is -2.15. The zero-order valence-corrected chi connectivity index (χ0v) is 9.69. The van der Waals surface area contributed by atoms with Crippen molar-refractivity contribution in [2.45, 2.75) is 53.4 Å². The number of rotatable bonds is 6. The lowest BCUT2D eigenvalue weighted by molar-refractivity contribution is 0.514. The molecule has 0 aromatic carbocycles. The van der Waals surface area contributed by atoms with E-state index in [1.165, 1.54) is 36.8 Å². The lowest BCUT2D eigenvalue weighted by atomic mass is 9.91. The van der Waals surface area contributed by atoms with Gasteiger partial charge in [-0.05, 0) is 32.6 Å². The normalized spacial score (nSPS) is 14.3. The summed E-state index contributed by atoms with van der Waals surface area (Å²) in [7, 11) is 0. The number of unbranched alkanes of at least 4 members (excludes halogenated alkanes) is 1. The van der Waals surface area contributed by atoms with Crippen molar-refractivity contribution in [2.75, 3.05) is 0 Å². The van der Waals surface area contributed by atoms with Crippen molar-refractivity contribution in [3.05, 3.63) is 23.8 Å². The van der Waals surface area contributed by atoms with Gasteiger partial charge in [0.1, 0.15) is 0 Å². The molecule has 13 heavy (non-hydrogen) atoms. The average Bonchev–Trinajstić information content (AvgIpc) is 2.04. The Hall–Kier alpha value is -0.520. The summed E-state index contributed by atoms with van der Waals surface area (Å²) in [6.45, 7) is 12.7. The Labute approximate surface area is 83.7 Å². The Morgan fingerprint density at radius 3 is 2.31 bits per heavy atom. The molecule has 0 aliphatic heterocycles. The van der Waals surface area contributed by atoms with Gasteiger partial charge in [0.25, 0.3) is 0 Å². The van der Waals surface area contributed by atoms with E-state index in [0.29, 0.717) is 0 Å². The van der Waals surface area contributed by atoms with E-state index in [0.717, 1.165) is 5.92 Å². The molecule has 0 aliphatic rings. The number of hydrogen-bond acceptors (Lipinski definition) is 0. The highest BCUT2D eigenvalue weighted by molar-refractivity contribution is 5.18. The van der Waals surface area contributed by atoms with E-state index in [-0.39, 0.29) is 0 Å². The molecule has 0 amide bonds. The van der Waals surface area contributed by atoms with Gasteiger partial charge in [0.15, 0.2) is 0 Å². The summed E-state index contributed by atoms with van der Waals surface area (Å²) in [5, 5.41) is 0. The van der Waals surface area contributed by atoms with Gasteiger partial charge in [-0.2, -0.15) is 0 Å². The van der Waals surface area contributed by atoms with E-state index >= 15 is 0 Å². The lowest BCUT2D eigenvalue weighted by Crippen LogP contribution is -2.00. The molecular formula is C13H24. The number of allylic oxidation sites excluding steroid dienone is 3. The Balaban J connectivity index is 4.13. The molecule has 0 bridgehead atoms. The Morgan fingerprint density at radius 2 is 1.92 bits per heavy atom. The van der Waals surface area contributed by atoms with Crippen molar-refractivity contribution < 1.29 is 0 Å². The molecule has 1 unspecified atom stereocenters. The van der Waals surface area contributed by atoms with Gasteiger partial charge in [-0.15, -0.1) is 0 Å². The molecule has 1 atom stereocenters. The Bertz CT molecular complexity index is 174.